The molecule has 6 aliphatic heterocycles. The minimum atomic E-state index is -0.838. The minimum absolute atomic E-state index is 0.0126. The second-order valence-electron chi connectivity index (χ2n) is 26.3. The van der Waals surface area contributed by atoms with E-state index in [1.165, 1.54) is 103 Å². The number of nitrogens with one attached hydrogen (secondary N) is 4. The predicted octanol–water partition coefficient (Wildman–Crippen LogP) is 12.6. The summed E-state index contributed by atoms with van der Waals surface area (Å²) < 4.78 is 39.2. The van der Waals surface area contributed by atoms with Gasteiger partial charge in [0.05, 0.1) is 36.4 Å². The first-order valence-corrected chi connectivity index (χ1v) is 36.8. The van der Waals surface area contributed by atoms with Gasteiger partial charge in [0.2, 0.25) is 0 Å². The molecule has 4 saturated heterocycles. The van der Waals surface area contributed by atoms with E-state index in [9.17, 15) is 28.0 Å². The highest BCUT2D eigenvalue weighted by Gasteiger charge is 2.45. The Labute approximate surface area is 600 Å². The highest BCUT2D eigenvalue weighted by atomic mass is 35.5. The number of rotatable bonds is 18. The van der Waals surface area contributed by atoms with E-state index in [1.54, 1.807) is 38.4 Å². The average Bonchev–Trinajstić information content (AvgIpc) is 1.74. The van der Waals surface area contributed by atoms with Gasteiger partial charge in [-0.25, -0.2) is 47.9 Å². The summed E-state index contributed by atoms with van der Waals surface area (Å²) in [5, 5.41) is 12.1. The lowest BCUT2D eigenvalue weighted by atomic mass is 9.87. The van der Waals surface area contributed by atoms with Crippen LogP contribution in [0.1, 0.15) is 115 Å². The number of imidazole rings is 2. The molecule has 0 unspecified atom stereocenters. The largest absolute Gasteiger partial charge is 0.463 e. The van der Waals surface area contributed by atoms with Gasteiger partial charge >= 0.3 is 24.0 Å². The van der Waals surface area contributed by atoms with Gasteiger partial charge in [-0.1, -0.05) is 54.6 Å². The lowest BCUT2D eigenvalue weighted by Crippen LogP contribution is -2.53. The topological polar surface area (TPSA) is 238 Å². The third kappa shape index (κ3) is 14.3. The number of aromatic amines is 2. The molecule has 4 amide bonds. The standard InChI is InChI=1S/C38H40ClFN8O3S.C35H34ClFN8O3S/c1-2-51-37(49)32-31(44-35(36-41-14-17-52-36)45-33(32)28-13-10-25(40)18-29(28)39)22-46-15-16-47-27(20-46)21-48(38(47)50)26-11-8-24(9-12-26)34-42-19-30(43-34)23-6-4-3-5-7-23;1-2-48-34(46)29-28(41-32(33-38-11-14-49-33)42-30(29)25-10-7-22(37)15-26(25)36)19-43-12-13-44-24(17-43)18-45(35(44)47)23-8-5-21(6-9-23)31-39-16-27(40-31)20-3-4-20/h8-14,17-19,23,27,33H,2-7,15-16,20-22H2,1H3,(H,42,43)(H,44,45);5-11,14-16,20,24,30H,2-4,12-13,17-19H2,1H3,(H,39,40)(H,41,42)/t27-,33-;24-,30-/m00/s1. The lowest BCUT2D eigenvalue weighted by molar-refractivity contribution is -0.139. The Kier molecular flexibility index (Phi) is 19.7. The van der Waals surface area contributed by atoms with Gasteiger partial charge in [0, 0.05) is 179 Å². The Bertz CT molecular complexity index is 4540. The molecule has 8 aliphatic rings. The number of nitrogens with zero attached hydrogens (tertiary/aromatic N) is 12. The van der Waals surface area contributed by atoms with Gasteiger partial charge in [-0.15, -0.1) is 22.7 Å². The Morgan fingerprint density at radius 1 is 0.554 bits per heavy atom. The number of halogens is 4. The number of amides is 4. The fraction of sp³-hybridized carbons (Fsp3) is 0.370. The van der Waals surface area contributed by atoms with Crippen molar-refractivity contribution in [1.29, 1.82) is 0 Å². The number of carbonyl (C=O) groups excluding carboxylic acids is 4. The first kappa shape index (κ1) is 67.6. The molecule has 8 aromatic rings. The average molecular weight is 1440 g/mol. The van der Waals surface area contributed by atoms with Crippen molar-refractivity contribution in [3.63, 3.8) is 0 Å². The van der Waals surface area contributed by atoms with Gasteiger partial charge in [0.1, 0.15) is 35.4 Å². The van der Waals surface area contributed by atoms with E-state index in [1.807, 2.05) is 91.3 Å². The van der Waals surface area contributed by atoms with Gasteiger partial charge in [-0.05, 0) is 112 Å². The van der Waals surface area contributed by atoms with Gasteiger partial charge in [0.15, 0.2) is 21.7 Å². The van der Waals surface area contributed by atoms with Crippen LogP contribution in [0.2, 0.25) is 10.0 Å². The molecule has 16 rings (SSSR count). The molecule has 4 aromatic heterocycles. The zero-order chi connectivity index (χ0) is 69.4. The molecule has 0 bridgehead atoms. The highest BCUT2D eigenvalue weighted by Crippen LogP contribution is 2.42. The summed E-state index contributed by atoms with van der Waals surface area (Å²) in [7, 11) is 0. The monoisotopic (exact) mass is 1440 g/mol. The van der Waals surface area contributed by atoms with Gasteiger partial charge in [-0.2, -0.15) is 0 Å². The van der Waals surface area contributed by atoms with Crippen LogP contribution in [-0.2, 0) is 19.1 Å². The van der Waals surface area contributed by atoms with Crippen molar-refractivity contribution >= 4 is 92.9 Å². The molecule has 4 N–H and O–H groups in total. The van der Waals surface area contributed by atoms with Crippen LogP contribution in [0, 0.1) is 11.6 Å². The number of esters is 2. The Hall–Kier alpha value is -9.18. The number of H-pyrrole nitrogens is 2. The van der Waals surface area contributed by atoms with Crippen molar-refractivity contribution in [2.45, 2.75) is 94.8 Å². The third-order valence-electron chi connectivity index (χ3n) is 19.8. The molecule has 10 heterocycles. The normalized spacial score (nSPS) is 21.2. The van der Waals surface area contributed by atoms with Crippen LogP contribution in [0.4, 0.5) is 29.7 Å². The Balaban J connectivity index is 0.000000164. The number of benzene rings is 4. The van der Waals surface area contributed by atoms with Crippen molar-refractivity contribution in [3.05, 3.63) is 197 Å². The molecule has 2 saturated carbocycles. The van der Waals surface area contributed by atoms with Crippen LogP contribution in [0.25, 0.3) is 22.8 Å². The quantitative estimate of drug-likeness (QED) is 0.0585. The molecule has 0 spiro atoms. The van der Waals surface area contributed by atoms with Crippen molar-refractivity contribution in [2.75, 3.05) is 88.5 Å². The maximum absolute atomic E-state index is 14.1. The molecule has 4 atom stereocenters. The summed E-state index contributed by atoms with van der Waals surface area (Å²) in [6.45, 7) is 9.14. The molecule has 522 valence electrons. The lowest BCUT2D eigenvalue weighted by Gasteiger charge is -2.38. The van der Waals surface area contributed by atoms with Gasteiger partial charge < -0.3 is 39.9 Å². The number of urea groups is 2. The summed E-state index contributed by atoms with van der Waals surface area (Å²) in [5.74, 6) is 1.82. The van der Waals surface area contributed by atoms with Crippen LogP contribution in [0.5, 0.6) is 0 Å². The van der Waals surface area contributed by atoms with Crippen LogP contribution < -0.4 is 20.4 Å². The Morgan fingerprint density at radius 2 is 0.990 bits per heavy atom. The first-order chi connectivity index (χ1) is 49.2. The fourth-order valence-electron chi connectivity index (χ4n) is 14.6. The predicted molar refractivity (Wildman–Crippen MR) is 384 cm³/mol. The molecule has 22 nitrogen and oxygen atoms in total. The second kappa shape index (κ2) is 29.4. The van der Waals surface area contributed by atoms with Gasteiger partial charge in [-0.3, -0.25) is 29.6 Å². The summed E-state index contributed by atoms with van der Waals surface area (Å²) in [5.41, 5.74) is 8.88. The third-order valence-corrected chi connectivity index (χ3v) is 22.0. The number of fused-ring (bicyclic) bond motifs is 2. The van der Waals surface area contributed by atoms with Crippen molar-refractivity contribution < 1.29 is 37.4 Å². The van der Waals surface area contributed by atoms with E-state index in [-0.39, 0.29) is 47.4 Å². The van der Waals surface area contributed by atoms with Crippen LogP contribution in [0.15, 0.2) is 153 Å². The van der Waals surface area contributed by atoms with Crippen LogP contribution >= 0.6 is 45.9 Å². The van der Waals surface area contributed by atoms with Crippen LogP contribution in [-0.4, -0.2) is 176 Å². The van der Waals surface area contributed by atoms with E-state index in [2.05, 4.69) is 50.3 Å². The van der Waals surface area contributed by atoms with Gasteiger partial charge in [0.25, 0.3) is 0 Å². The van der Waals surface area contributed by atoms with Crippen molar-refractivity contribution in [1.82, 2.24) is 60.1 Å². The molecule has 2 aliphatic carbocycles. The second-order valence-corrected chi connectivity index (χ2v) is 28.9. The smallest absolute Gasteiger partial charge is 0.338 e. The molecule has 101 heavy (non-hydrogen) atoms. The number of aromatic nitrogens is 6. The number of hydrogen-bond acceptors (Lipinski definition) is 18. The number of anilines is 2. The van der Waals surface area contributed by atoms with E-state index >= 15 is 0 Å². The van der Waals surface area contributed by atoms with E-state index in [0.29, 0.717) is 133 Å². The SMILES string of the molecule is CCOC(=O)C1=C(CN2CCN3C(=O)N(c4ccc(-c5ncc(C6CC6)[nH]5)cc4)C[C@@H]3C2)NC(c2nccs2)=N[C@H]1c1ccc(F)cc1Cl.CCOC(=O)C1=C(CN2CCN3C(=O)N(c4ccc(-c5ncc(C6CCCCC6)[nH]5)cc4)C[C@@H]3C2)NC(c2nccs2)=N[C@H]1c1ccc(F)cc1Cl. The maximum atomic E-state index is 14.1. The zero-order valence-corrected chi connectivity index (χ0v) is 58.7. The molecular weight excluding hydrogens is 1370 g/mol. The van der Waals surface area contributed by atoms with Crippen LogP contribution in [0.3, 0.4) is 0 Å². The number of hydrogen-bond donors (Lipinski definition) is 4. The first-order valence-electron chi connectivity index (χ1n) is 34.3. The molecule has 6 fully saturated rings. The van der Waals surface area contributed by atoms with E-state index in [4.69, 9.17) is 42.7 Å². The number of piperazine rings is 2. The van der Waals surface area contributed by atoms with Crippen molar-refractivity contribution in [3.8, 4) is 22.8 Å². The van der Waals surface area contributed by atoms with E-state index < -0.39 is 35.7 Å². The number of thiazole rings is 2. The van der Waals surface area contributed by atoms with Crippen molar-refractivity contribution in [2.24, 2.45) is 9.98 Å². The molecule has 4 aromatic carbocycles. The summed E-state index contributed by atoms with van der Waals surface area (Å²) in [6, 6.07) is 22.4. The minimum Gasteiger partial charge on any atom is -0.463 e. The molecule has 0 radical (unpaired) electrons. The number of ether oxygens (including phenoxy) is 2. The Morgan fingerprint density at radius 3 is 1.39 bits per heavy atom. The maximum Gasteiger partial charge on any atom is 0.338 e. The molecular formula is C73H74Cl2F2N16O6S2. The fourth-order valence-corrected chi connectivity index (χ4v) is 16.3. The van der Waals surface area contributed by atoms with E-state index in [0.717, 1.165) is 34.2 Å². The summed E-state index contributed by atoms with van der Waals surface area (Å²) >= 11 is 15.9. The zero-order valence-electron chi connectivity index (χ0n) is 55.6. The number of amidine groups is 2. The molecule has 28 heteroatoms. The summed E-state index contributed by atoms with van der Waals surface area (Å²) in [6.07, 6.45) is 16.0. The summed E-state index contributed by atoms with van der Waals surface area (Å²) in [4.78, 5) is 101. The number of aliphatic imine (C=N–C) groups is 2. The highest BCUT2D eigenvalue weighted by molar-refractivity contribution is 7.12. The number of carbonyl (C=O) groups is 4.